The topological polar surface area (TPSA) is 29.5 Å². The molecule has 0 atom stereocenters. The summed E-state index contributed by atoms with van der Waals surface area (Å²) in [6, 6.07) is 0.464. The molecule has 0 N–H and O–H groups in total. The lowest BCUT2D eigenvalue weighted by molar-refractivity contribution is -0.144. The Balaban J connectivity index is 3.23. The molecular weight excluding hydrogens is 346 g/mol. The quantitative estimate of drug-likeness (QED) is 0.0812. The van der Waals surface area contributed by atoms with Crippen molar-refractivity contribution in [2.24, 2.45) is 0 Å². The van der Waals surface area contributed by atoms with Gasteiger partial charge >= 0.3 is 5.97 Å². The lowest BCUT2D eigenvalue weighted by atomic mass is 10.1. The van der Waals surface area contributed by atoms with Gasteiger partial charge in [0.1, 0.15) is 6.61 Å². The number of allylic oxidation sites excluding steroid dienone is 2. The number of carbonyl (C=O) groups excluding carboxylic acids is 1. The number of hydrogen-bond acceptors (Lipinski definition) is 3. The van der Waals surface area contributed by atoms with Gasteiger partial charge in [0.25, 0.3) is 0 Å². The Morgan fingerprint density at radius 2 is 1.42 bits per heavy atom. The predicted octanol–water partition coefficient (Wildman–Crippen LogP) is 6.70. The molecule has 154 valence electrons. The molecule has 0 fully saturated rings. The minimum Gasteiger partial charge on any atom is -0.464 e. The summed E-state index contributed by atoms with van der Waals surface area (Å²) >= 11 is 5.66. The molecule has 0 rings (SSSR count). The summed E-state index contributed by atoms with van der Waals surface area (Å²) in [5.41, 5.74) is 0. The number of halogens is 1. The molecule has 26 heavy (non-hydrogen) atoms. The molecule has 0 spiro atoms. The highest BCUT2D eigenvalue weighted by Crippen LogP contribution is 2.10. The van der Waals surface area contributed by atoms with E-state index in [0.717, 1.165) is 12.8 Å². The van der Waals surface area contributed by atoms with E-state index in [9.17, 15) is 4.79 Å². The SMILES string of the molecule is CCCCCCCC/C=C\CCCCCCCC(=O)OCCN(C)CCl. The Morgan fingerprint density at radius 1 is 0.885 bits per heavy atom. The van der Waals surface area contributed by atoms with Crippen molar-refractivity contribution in [2.75, 3.05) is 26.2 Å². The van der Waals surface area contributed by atoms with Crippen LogP contribution in [0.1, 0.15) is 96.8 Å². The van der Waals surface area contributed by atoms with E-state index in [-0.39, 0.29) is 5.97 Å². The van der Waals surface area contributed by atoms with Crippen molar-refractivity contribution >= 4 is 17.6 Å². The van der Waals surface area contributed by atoms with Gasteiger partial charge in [0.15, 0.2) is 0 Å². The summed E-state index contributed by atoms with van der Waals surface area (Å²) in [4.78, 5) is 13.5. The molecule has 3 nitrogen and oxygen atoms in total. The standard InChI is InChI=1S/C22H42ClNO2/c1-3-4-5-6-7-8-9-10-11-12-13-14-15-16-17-18-22(25)26-20-19-24(2)21-23/h10-11H,3-9,12-21H2,1-2H3/b11-10-. The largest absolute Gasteiger partial charge is 0.464 e. The molecule has 0 aliphatic heterocycles. The van der Waals surface area contributed by atoms with E-state index in [0.29, 0.717) is 25.6 Å². The first-order chi connectivity index (χ1) is 12.7. The average molecular weight is 388 g/mol. The third-order valence-corrected chi connectivity index (χ3v) is 4.99. The van der Waals surface area contributed by atoms with Gasteiger partial charge in [-0.2, -0.15) is 0 Å². The fraction of sp³-hybridized carbons (Fsp3) is 0.864. The molecule has 0 aromatic carbocycles. The van der Waals surface area contributed by atoms with Crippen LogP contribution in [0.25, 0.3) is 0 Å². The Bertz CT molecular complexity index is 334. The first kappa shape index (κ1) is 25.5. The third kappa shape index (κ3) is 19.8. The average Bonchev–Trinajstić information content (AvgIpc) is 2.64. The Labute approximate surface area is 167 Å². The predicted molar refractivity (Wildman–Crippen MR) is 114 cm³/mol. The first-order valence-corrected chi connectivity index (χ1v) is 11.3. The number of rotatable bonds is 19. The van der Waals surface area contributed by atoms with Gasteiger partial charge in [0.05, 0.1) is 6.00 Å². The Hall–Kier alpha value is -0.540. The lowest BCUT2D eigenvalue weighted by Crippen LogP contribution is -2.23. The van der Waals surface area contributed by atoms with Crippen molar-refractivity contribution in [3.63, 3.8) is 0 Å². The molecule has 0 aliphatic carbocycles. The molecule has 0 aliphatic rings. The van der Waals surface area contributed by atoms with Crippen LogP contribution < -0.4 is 0 Å². The zero-order valence-electron chi connectivity index (χ0n) is 17.3. The van der Waals surface area contributed by atoms with Gasteiger partial charge in [-0.15, -0.1) is 11.6 Å². The van der Waals surface area contributed by atoms with Gasteiger partial charge in [0.2, 0.25) is 0 Å². The summed E-state index contributed by atoms with van der Waals surface area (Å²) in [7, 11) is 1.91. The summed E-state index contributed by atoms with van der Waals surface area (Å²) in [6.07, 6.45) is 21.8. The molecule has 0 radical (unpaired) electrons. The van der Waals surface area contributed by atoms with Crippen molar-refractivity contribution in [1.29, 1.82) is 0 Å². The summed E-state index contributed by atoms with van der Waals surface area (Å²) in [5.74, 6) is -0.0781. The van der Waals surface area contributed by atoms with Crippen molar-refractivity contribution in [1.82, 2.24) is 4.90 Å². The molecule has 0 bridgehead atoms. The zero-order valence-corrected chi connectivity index (χ0v) is 18.1. The third-order valence-electron chi connectivity index (χ3n) is 4.58. The minimum absolute atomic E-state index is 0.0781. The highest BCUT2D eigenvalue weighted by atomic mass is 35.5. The van der Waals surface area contributed by atoms with Crippen LogP contribution in [0.5, 0.6) is 0 Å². The van der Waals surface area contributed by atoms with Crippen molar-refractivity contribution in [2.45, 2.75) is 96.8 Å². The second-order valence-corrected chi connectivity index (χ2v) is 7.49. The van der Waals surface area contributed by atoms with Crippen molar-refractivity contribution in [3.05, 3.63) is 12.2 Å². The second-order valence-electron chi connectivity index (χ2n) is 7.25. The molecular formula is C22H42ClNO2. The van der Waals surface area contributed by atoms with Crippen LogP contribution in [0.2, 0.25) is 0 Å². The van der Waals surface area contributed by atoms with Crippen molar-refractivity contribution < 1.29 is 9.53 Å². The zero-order chi connectivity index (χ0) is 19.3. The van der Waals surface area contributed by atoms with E-state index >= 15 is 0 Å². The number of alkyl halides is 1. The number of hydrogen-bond donors (Lipinski definition) is 0. The van der Waals surface area contributed by atoms with E-state index < -0.39 is 0 Å². The van der Waals surface area contributed by atoms with E-state index in [1.807, 2.05) is 11.9 Å². The van der Waals surface area contributed by atoms with Crippen LogP contribution in [0, 0.1) is 0 Å². The van der Waals surface area contributed by atoms with Gasteiger partial charge in [0, 0.05) is 13.0 Å². The summed E-state index contributed by atoms with van der Waals surface area (Å²) in [6.45, 7) is 3.40. The smallest absolute Gasteiger partial charge is 0.305 e. The molecule has 0 saturated carbocycles. The highest BCUT2D eigenvalue weighted by molar-refractivity contribution is 6.17. The Kier molecular flexibility index (Phi) is 20.3. The molecule has 0 heterocycles. The lowest BCUT2D eigenvalue weighted by Gasteiger charge is -2.12. The molecule has 0 saturated heterocycles. The van der Waals surface area contributed by atoms with Crippen LogP contribution >= 0.6 is 11.6 Å². The fourth-order valence-electron chi connectivity index (χ4n) is 2.79. The van der Waals surface area contributed by atoms with Crippen LogP contribution in [-0.2, 0) is 9.53 Å². The molecule has 0 amide bonds. The fourth-order valence-corrected chi connectivity index (χ4v) is 2.91. The number of carbonyl (C=O) groups is 1. The maximum atomic E-state index is 11.6. The molecule has 4 heteroatoms. The maximum absolute atomic E-state index is 11.6. The maximum Gasteiger partial charge on any atom is 0.305 e. The Morgan fingerprint density at radius 3 is 2.00 bits per heavy atom. The van der Waals surface area contributed by atoms with Crippen LogP contribution in [-0.4, -0.2) is 37.1 Å². The summed E-state index contributed by atoms with van der Waals surface area (Å²) < 4.78 is 5.19. The van der Waals surface area contributed by atoms with Crippen LogP contribution in [0.15, 0.2) is 12.2 Å². The van der Waals surface area contributed by atoms with Gasteiger partial charge in [-0.05, 0) is 39.2 Å². The second kappa shape index (κ2) is 20.8. The normalized spacial score (nSPS) is 11.5. The van der Waals surface area contributed by atoms with E-state index in [2.05, 4.69) is 19.1 Å². The van der Waals surface area contributed by atoms with E-state index in [4.69, 9.17) is 16.3 Å². The molecule has 0 aromatic rings. The number of unbranched alkanes of at least 4 members (excludes halogenated alkanes) is 11. The number of ether oxygens (including phenoxy) is 1. The number of nitrogens with zero attached hydrogens (tertiary/aromatic N) is 1. The van der Waals surface area contributed by atoms with Gasteiger partial charge in [-0.3, -0.25) is 9.69 Å². The summed E-state index contributed by atoms with van der Waals surface area (Å²) in [5, 5.41) is 0. The number of likely N-dealkylation sites (N-methyl/N-ethyl adjacent to an activating group) is 1. The van der Waals surface area contributed by atoms with Gasteiger partial charge in [-0.1, -0.05) is 70.4 Å². The first-order valence-electron chi connectivity index (χ1n) is 10.8. The van der Waals surface area contributed by atoms with Gasteiger partial charge < -0.3 is 4.74 Å². The molecule has 0 unspecified atom stereocenters. The van der Waals surface area contributed by atoms with E-state index in [1.54, 1.807) is 0 Å². The monoisotopic (exact) mass is 387 g/mol. The minimum atomic E-state index is -0.0781. The molecule has 0 aromatic heterocycles. The van der Waals surface area contributed by atoms with Gasteiger partial charge in [-0.25, -0.2) is 0 Å². The van der Waals surface area contributed by atoms with Crippen LogP contribution in [0.3, 0.4) is 0 Å². The van der Waals surface area contributed by atoms with Crippen molar-refractivity contribution in [3.8, 4) is 0 Å². The highest BCUT2D eigenvalue weighted by Gasteiger charge is 2.03. The van der Waals surface area contributed by atoms with E-state index in [1.165, 1.54) is 70.6 Å². The number of esters is 1. The van der Waals surface area contributed by atoms with Crippen LogP contribution in [0.4, 0.5) is 0 Å².